The van der Waals surface area contributed by atoms with Crippen LogP contribution in [0.15, 0.2) is 28.7 Å². The average molecular weight is 289 g/mol. The molecule has 0 saturated carbocycles. The number of benzene rings is 1. The van der Waals surface area contributed by atoms with Gasteiger partial charge < -0.3 is 14.5 Å². The second kappa shape index (κ2) is 6.26. The van der Waals surface area contributed by atoms with Crippen LogP contribution in [0.1, 0.15) is 40.5 Å². The number of nitrogens with one attached hydrogen (secondary N) is 1. The molecule has 0 radical (unpaired) electrons. The molecule has 1 N–H and O–H groups in total. The van der Waals surface area contributed by atoms with Crippen molar-refractivity contribution in [3.05, 3.63) is 30.2 Å². The first-order valence-corrected chi connectivity index (χ1v) is 7.18. The Hall–Kier alpha value is -1.88. The fourth-order valence-corrected chi connectivity index (χ4v) is 1.76. The molecule has 0 fully saturated rings. The third-order valence-electron chi connectivity index (χ3n) is 2.69. The zero-order valence-electron chi connectivity index (χ0n) is 13.3. The molecular formula is C16H23N3O2. The topological polar surface area (TPSA) is 60.2 Å². The largest absolute Gasteiger partial charge is 0.491 e. The lowest BCUT2D eigenvalue weighted by molar-refractivity contribution is 0.242. The van der Waals surface area contributed by atoms with Crippen LogP contribution in [-0.4, -0.2) is 21.8 Å². The summed E-state index contributed by atoms with van der Waals surface area (Å²) in [6.45, 7) is 10.8. The second-order valence-corrected chi connectivity index (χ2v) is 6.30. The van der Waals surface area contributed by atoms with E-state index in [-0.39, 0.29) is 11.6 Å². The zero-order valence-corrected chi connectivity index (χ0v) is 13.3. The van der Waals surface area contributed by atoms with Crippen molar-refractivity contribution in [2.24, 2.45) is 0 Å². The molecule has 2 aromatic rings. The van der Waals surface area contributed by atoms with Crippen LogP contribution in [-0.2, 0) is 6.54 Å². The van der Waals surface area contributed by atoms with Crippen LogP contribution in [0.4, 0.5) is 0 Å². The molecule has 2 rings (SSSR count). The highest BCUT2D eigenvalue weighted by molar-refractivity contribution is 5.55. The Balaban J connectivity index is 2.10. The van der Waals surface area contributed by atoms with E-state index in [4.69, 9.17) is 9.15 Å². The minimum Gasteiger partial charge on any atom is -0.491 e. The average Bonchev–Trinajstić information content (AvgIpc) is 2.84. The SMILES string of the molecule is CC(C)Oc1cccc(-c2nnc(CNC(C)(C)C)o2)c1. The molecule has 0 aliphatic carbocycles. The number of hydrogen-bond donors (Lipinski definition) is 1. The fourth-order valence-electron chi connectivity index (χ4n) is 1.76. The molecule has 0 bridgehead atoms. The Bertz CT molecular complexity index is 585. The van der Waals surface area contributed by atoms with Crippen LogP contribution in [0, 0.1) is 0 Å². The quantitative estimate of drug-likeness (QED) is 0.914. The summed E-state index contributed by atoms with van der Waals surface area (Å²) >= 11 is 0. The normalized spacial score (nSPS) is 11.9. The van der Waals surface area contributed by atoms with Crippen molar-refractivity contribution in [2.45, 2.75) is 52.8 Å². The van der Waals surface area contributed by atoms with Gasteiger partial charge in [-0.25, -0.2) is 0 Å². The Labute approximate surface area is 125 Å². The van der Waals surface area contributed by atoms with Crippen molar-refractivity contribution in [1.82, 2.24) is 15.5 Å². The van der Waals surface area contributed by atoms with Crippen LogP contribution < -0.4 is 10.1 Å². The molecule has 5 nitrogen and oxygen atoms in total. The molecule has 0 unspecified atom stereocenters. The smallest absolute Gasteiger partial charge is 0.247 e. The molecule has 1 aromatic carbocycles. The summed E-state index contributed by atoms with van der Waals surface area (Å²) in [6.07, 6.45) is 0.134. The number of rotatable bonds is 5. The van der Waals surface area contributed by atoms with Gasteiger partial charge in [0.1, 0.15) is 5.75 Å². The highest BCUT2D eigenvalue weighted by Gasteiger charge is 2.13. The van der Waals surface area contributed by atoms with Crippen LogP contribution in [0.5, 0.6) is 5.75 Å². The highest BCUT2D eigenvalue weighted by Crippen LogP contribution is 2.23. The first-order chi connectivity index (χ1) is 9.83. The molecule has 21 heavy (non-hydrogen) atoms. The van der Waals surface area contributed by atoms with Gasteiger partial charge in [0.2, 0.25) is 11.8 Å². The molecule has 0 atom stereocenters. The summed E-state index contributed by atoms with van der Waals surface area (Å²) in [4.78, 5) is 0. The molecule has 0 aliphatic heterocycles. The van der Waals surface area contributed by atoms with Gasteiger partial charge in [-0.3, -0.25) is 0 Å². The molecule has 0 amide bonds. The molecular weight excluding hydrogens is 266 g/mol. The molecule has 0 aliphatic rings. The number of aromatic nitrogens is 2. The third kappa shape index (κ3) is 4.86. The van der Waals surface area contributed by atoms with Crippen molar-refractivity contribution in [3.63, 3.8) is 0 Å². The van der Waals surface area contributed by atoms with Gasteiger partial charge in [0.15, 0.2) is 0 Å². The predicted octanol–water partition coefficient (Wildman–Crippen LogP) is 3.41. The second-order valence-electron chi connectivity index (χ2n) is 6.30. The lowest BCUT2D eigenvalue weighted by Crippen LogP contribution is -2.35. The van der Waals surface area contributed by atoms with Crippen molar-refractivity contribution < 1.29 is 9.15 Å². The molecule has 114 valence electrons. The summed E-state index contributed by atoms with van der Waals surface area (Å²) in [7, 11) is 0. The Morgan fingerprint density at radius 2 is 2.00 bits per heavy atom. The van der Waals surface area contributed by atoms with Crippen LogP contribution in [0.2, 0.25) is 0 Å². The van der Waals surface area contributed by atoms with E-state index in [1.54, 1.807) is 0 Å². The minimum absolute atomic E-state index is 0.0135. The Morgan fingerprint density at radius 3 is 2.67 bits per heavy atom. The Morgan fingerprint density at radius 1 is 1.24 bits per heavy atom. The molecule has 0 spiro atoms. The summed E-state index contributed by atoms with van der Waals surface area (Å²) in [5.74, 6) is 1.89. The third-order valence-corrected chi connectivity index (χ3v) is 2.69. The van der Waals surface area contributed by atoms with Crippen molar-refractivity contribution in [1.29, 1.82) is 0 Å². The Kier molecular flexibility index (Phi) is 4.63. The minimum atomic E-state index is 0.0135. The van der Waals surface area contributed by atoms with Gasteiger partial charge in [0.25, 0.3) is 0 Å². The monoisotopic (exact) mass is 289 g/mol. The number of ether oxygens (including phenoxy) is 1. The van der Waals surface area contributed by atoms with E-state index in [1.165, 1.54) is 0 Å². The van der Waals surface area contributed by atoms with Gasteiger partial charge in [0, 0.05) is 11.1 Å². The van der Waals surface area contributed by atoms with E-state index in [9.17, 15) is 0 Å². The van der Waals surface area contributed by atoms with Crippen LogP contribution in [0.25, 0.3) is 11.5 Å². The van der Waals surface area contributed by atoms with E-state index < -0.39 is 0 Å². The fraction of sp³-hybridized carbons (Fsp3) is 0.500. The molecule has 1 aromatic heterocycles. The van der Waals surface area contributed by atoms with E-state index in [0.29, 0.717) is 18.3 Å². The lowest BCUT2D eigenvalue weighted by atomic mass is 10.1. The van der Waals surface area contributed by atoms with Crippen molar-refractivity contribution in [2.75, 3.05) is 0 Å². The standard InChI is InChI=1S/C16H23N3O2/c1-11(2)20-13-8-6-7-12(9-13)15-19-18-14(21-15)10-17-16(3,4)5/h6-9,11,17H,10H2,1-5H3. The molecule has 0 saturated heterocycles. The summed E-state index contributed by atoms with van der Waals surface area (Å²) < 4.78 is 11.4. The predicted molar refractivity (Wildman–Crippen MR) is 82.1 cm³/mol. The van der Waals surface area contributed by atoms with Gasteiger partial charge in [-0.1, -0.05) is 6.07 Å². The lowest BCUT2D eigenvalue weighted by Gasteiger charge is -2.18. The summed E-state index contributed by atoms with van der Waals surface area (Å²) in [5.41, 5.74) is 0.877. The highest BCUT2D eigenvalue weighted by atomic mass is 16.5. The van der Waals surface area contributed by atoms with E-state index in [1.807, 2.05) is 38.1 Å². The zero-order chi connectivity index (χ0) is 15.5. The summed E-state index contributed by atoms with van der Waals surface area (Å²) in [5, 5.41) is 11.5. The molecule has 5 heteroatoms. The van der Waals surface area contributed by atoms with E-state index >= 15 is 0 Å². The van der Waals surface area contributed by atoms with Crippen molar-refractivity contribution >= 4 is 0 Å². The van der Waals surface area contributed by atoms with E-state index in [0.717, 1.165) is 11.3 Å². The van der Waals surface area contributed by atoms with Gasteiger partial charge in [-0.05, 0) is 52.8 Å². The van der Waals surface area contributed by atoms with Crippen molar-refractivity contribution in [3.8, 4) is 17.2 Å². The van der Waals surface area contributed by atoms with Crippen LogP contribution in [0.3, 0.4) is 0 Å². The van der Waals surface area contributed by atoms with E-state index in [2.05, 4.69) is 36.3 Å². The maximum absolute atomic E-state index is 5.68. The maximum atomic E-state index is 5.68. The maximum Gasteiger partial charge on any atom is 0.247 e. The first kappa shape index (κ1) is 15.5. The van der Waals surface area contributed by atoms with Gasteiger partial charge >= 0.3 is 0 Å². The van der Waals surface area contributed by atoms with Crippen LogP contribution >= 0.6 is 0 Å². The number of hydrogen-bond acceptors (Lipinski definition) is 5. The van der Waals surface area contributed by atoms with Gasteiger partial charge in [-0.2, -0.15) is 0 Å². The molecule has 1 heterocycles. The van der Waals surface area contributed by atoms with Gasteiger partial charge in [-0.15, -0.1) is 10.2 Å². The summed E-state index contributed by atoms with van der Waals surface area (Å²) in [6, 6.07) is 7.68. The first-order valence-electron chi connectivity index (χ1n) is 7.18. The number of nitrogens with zero attached hydrogens (tertiary/aromatic N) is 2. The van der Waals surface area contributed by atoms with Gasteiger partial charge in [0.05, 0.1) is 12.6 Å².